The minimum atomic E-state index is 0.381. The number of hydrogen-bond donors (Lipinski definition) is 1. The van der Waals surface area contributed by atoms with Crippen LogP contribution in [0.3, 0.4) is 0 Å². The van der Waals surface area contributed by atoms with Crippen LogP contribution >= 0.6 is 0 Å². The number of nitrogens with one attached hydrogen (secondary N) is 1. The highest BCUT2D eigenvalue weighted by atomic mass is 15.1. The summed E-state index contributed by atoms with van der Waals surface area (Å²) in [5.41, 5.74) is 0.408. The van der Waals surface area contributed by atoms with E-state index >= 15 is 0 Å². The molecule has 1 unspecified atom stereocenters. The van der Waals surface area contributed by atoms with Crippen molar-refractivity contribution < 1.29 is 0 Å². The maximum atomic E-state index is 8.68. The van der Waals surface area contributed by atoms with Crippen LogP contribution in [-0.4, -0.2) is 16.0 Å². The summed E-state index contributed by atoms with van der Waals surface area (Å²) in [7, 11) is 0. The van der Waals surface area contributed by atoms with Crippen LogP contribution in [0.4, 0.5) is 5.95 Å². The lowest BCUT2D eigenvalue weighted by molar-refractivity contribution is 0.637. The zero-order chi connectivity index (χ0) is 10.7. The van der Waals surface area contributed by atoms with Crippen LogP contribution in [0.5, 0.6) is 0 Å². The number of nitrogens with zero attached hydrogens (tertiary/aromatic N) is 3. The van der Waals surface area contributed by atoms with Crippen molar-refractivity contribution in [2.24, 2.45) is 5.92 Å². The predicted octanol–water partition coefficient (Wildman–Crippen LogP) is 1.95. The Bertz CT molecular complexity index is 378. The number of anilines is 1. The lowest BCUT2D eigenvalue weighted by atomic mass is 10.2. The molecule has 2 rings (SSSR count). The van der Waals surface area contributed by atoms with Gasteiger partial charge in [0.2, 0.25) is 5.95 Å². The van der Waals surface area contributed by atoms with E-state index in [2.05, 4.69) is 22.2 Å². The minimum Gasteiger partial charge on any atom is -0.352 e. The molecule has 0 spiro atoms. The van der Waals surface area contributed by atoms with Gasteiger partial charge < -0.3 is 5.32 Å². The van der Waals surface area contributed by atoms with Gasteiger partial charge in [-0.2, -0.15) is 5.26 Å². The Labute approximate surface area is 89.4 Å². The molecule has 15 heavy (non-hydrogen) atoms. The molecule has 1 atom stereocenters. The van der Waals surface area contributed by atoms with Gasteiger partial charge in [-0.15, -0.1) is 0 Å². The van der Waals surface area contributed by atoms with Crippen molar-refractivity contribution in [3.05, 3.63) is 18.0 Å². The van der Waals surface area contributed by atoms with Gasteiger partial charge in [0.1, 0.15) is 11.8 Å². The summed E-state index contributed by atoms with van der Waals surface area (Å²) in [6.45, 7) is 2.13. The van der Waals surface area contributed by atoms with Gasteiger partial charge in [-0.1, -0.05) is 12.8 Å². The Morgan fingerprint density at radius 1 is 1.67 bits per heavy atom. The van der Waals surface area contributed by atoms with E-state index in [0.29, 0.717) is 17.7 Å². The Morgan fingerprint density at radius 2 is 2.47 bits per heavy atom. The zero-order valence-electron chi connectivity index (χ0n) is 8.77. The van der Waals surface area contributed by atoms with Crippen LogP contribution in [-0.2, 0) is 0 Å². The van der Waals surface area contributed by atoms with Gasteiger partial charge in [-0.25, -0.2) is 9.97 Å². The first-order valence-electron chi connectivity index (χ1n) is 5.27. The quantitative estimate of drug-likeness (QED) is 0.810. The Balaban J connectivity index is 1.93. The number of hydrogen-bond acceptors (Lipinski definition) is 4. The van der Waals surface area contributed by atoms with Crippen molar-refractivity contribution in [2.45, 2.75) is 32.2 Å². The Morgan fingerprint density at radius 3 is 3.13 bits per heavy atom. The van der Waals surface area contributed by atoms with E-state index in [4.69, 9.17) is 5.26 Å². The van der Waals surface area contributed by atoms with E-state index in [1.807, 2.05) is 6.07 Å². The molecule has 0 saturated heterocycles. The van der Waals surface area contributed by atoms with Gasteiger partial charge in [-0.3, -0.25) is 0 Å². The van der Waals surface area contributed by atoms with Gasteiger partial charge in [0.15, 0.2) is 0 Å². The topological polar surface area (TPSA) is 61.6 Å². The molecule has 1 aliphatic rings. The Hall–Kier alpha value is -1.63. The highest BCUT2D eigenvalue weighted by Crippen LogP contribution is 2.33. The average molecular weight is 202 g/mol. The summed E-state index contributed by atoms with van der Waals surface area (Å²) in [6.07, 6.45) is 5.48. The third-order valence-corrected chi connectivity index (χ3v) is 2.53. The third-order valence-electron chi connectivity index (χ3n) is 2.53. The molecule has 4 nitrogen and oxygen atoms in total. The normalized spacial score (nSPS) is 16.8. The molecule has 0 aliphatic heterocycles. The van der Waals surface area contributed by atoms with E-state index < -0.39 is 0 Å². The maximum absolute atomic E-state index is 8.68. The molecule has 1 aliphatic carbocycles. The monoisotopic (exact) mass is 202 g/mol. The standard InChI is InChI=1S/C11H14N4/c1-8(6-9-2-3-9)14-11-13-5-4-10(7-12)15-11/h4-5,8-9H,2-3,6H2,1H3,(H,13,14,15). The van der Waals surface area contributed by atoms with E-state index in [9.17, 15) is 0 Å². The molecular formula is C11H14N4. The van der Waals surface area contributed by atoms with E-state index in [1.54, 1.807) is 12.3 Å². The summed E-state index contributed by atoms with van der Waals surface area (Å²) in [5, 5.41) is 11.9. The summed E-state index contributed by atoms with van der Waals surface area (Å²) in [5.74, 6) is 1.44. The molecule has 78 valence electrons. The molecule has 0 amide bonds. The van der Waals surface area contributed by atoms with Crippen molar-refractivity contribution in [2.75, 3.05) is 5.32 Å². The first kappa shape index (κ1) is 9.91. The predicted molar refractivity (Wildman–Crippen MR) is 57.2 cm³/mol. The summed E-state index contributed by atoms with van der Waals surface area (Å²) < 4.78 is 0. The highest BCUT2D eigenvalue weighted by molar-refractivity contribution is 5.30. The maximum Gasteiger partial charge on any atom is 0.224 e. The molecule has 0 bridgehead atoms. The number of rotatable bonds is 4. The zero-order valence-corrected chi connectivity index (χ0v) is 8.77. The first-order chi connectivity index (χ1) is 7.28. The van der Waals surface area contributed by atoms with Crippen LogP contribution in [0.25, 0.3) is 0 Å². The lowest BCUT2D eigenvalue weighted by Gasteiger charge is -2.12. The van der Waals surface area contributed by atoms with Gasteiger partial charge >= 0.3 is 0 Å². The molecule has 1 N–H and O–H groups in total. The second kappa shape index (κ2) is 4.26. The molecule has 4 heteroatoms. The van der Waals surface area contributed by atoms with Crippen molar-refractivity contribution in [1.82, 2.24) is 9.97 Å². The van der Waals surface area contributed by atoms with Gasteiger partial charge in [0.05, 0.1) is 0 Å². The van der Waals surface area contributed by atoms with Gasteiger partial charge in [0.25, 0.3) is 0 Å². The molecule has 1 aromatic rings. The molecule has 1 aromatic heterocycles. The fraction of sp³-hybridized carbons (Fsp3) is 0.545. The van der Waals surface area contributed by atoms with Crippen molar-refractivity contribution in [3.63, 3.8) is 0 Å². The fourth-order valence-corrected chi connectivity index (χ4v) is 1.62. The molecule has 1 heterocycles. The summed E-state index contributed by atoms with van der Waals surface area (Å²) in [4.78, 5) is 8.16. The SMILES string of the molecule is CC(CC1CC1)Nc1nccc(C#N)n1. The molecule has 1 fully saturated rings. The number of aromatic nitrogens is 2. The fourth-order valence-electron chi connectivity index (χ4n) is 1.62. The third kappa shape index (κ3) is 2.91. The van der Waals surface area contributed by atoms with Crippen LogP contribution in [0, 0.1) is 17.2 Å². The molecule has 0 aromatic carbocycles. The van der Waals surface area contributed by atoms with E-state index in [0.717, 1.165) is 5.92 Å². The minimum absolute atomic E-state index is 0.381. The number of nitriles is 1. The molecule has 1 saturated carbocycles. The second-order valence-electron chi connectivity index (χ2n) is 4.10. The van der Waals surface area contributed by atoms with Crippen LogP contribution in [0.2, 0.25) is 0 Å². The molecular weight excluding hydrogens is 188 g/mol. The Kier molecular flexibility index (Phi) is 2.82. The van der Waals surface area contributed by atoms with Crippen LogP contribution < -0.4 is 5.32 Å². The highest BCUT2D eigenvalue weighted by Gasteiger charge is 2.23. The van der Waals surface area contributed by atoms with Gasteiger partial charge in [-0.05, 0) is 25.3 Å². The van der Waals surface area contributed by atoms with E-state index in [1.165, 1.54) is 19.3 Å². The molecule has 0 radical (unpaired) electrons. The first-order valence-corrected chi connectivity index (χ1v) is 5.27. The van der Waals surface area contributed by atoms with E-state index in [-0.39, 0.29) is 0 Å². The van der Waals surface area contributed by atoms with Crippen molar-refractivity contribution >= 4 is 5.95 Å². The second-order valence-corrected chi connectivity index (χ2v) is 4.10. The summed E-state index contributed by atoms with van der Waals surface area (Å²) >= 11 is 0. The van der Waals surface area contributed by atoms with Crippen molar-refractivity contribution in [1.29, 1.82) is 5.26 Å². The largest absolute Gasteiger partial charge is 0.352 e. The lowest BCUT2D eigenvalue weighted by Crippen LogP contribution is -2.17. The van der Waals surface area contributed by atoms with Crippen LogP contribution in [0.15, 0.2) is 12.3 Å². The van der Waals surface area contributed by atoms with Crippen molar-refractivity contribution in [3.8, 4) is 6.07 Å². The average Bonchev–Trinajstić information content (AvgIpc) is 3.02. The van der Waals surface area contributed by atoms with Gasteiger partial charge in [0, 0.05) is 12.2 Å². The smallest absolute Gasteiger partial charge is 0.224 e. The van der Waals surface area contributed by atoms with Crippen LogP contribution in [0.1, 0.15) is 31.9 Å². The summed E-state index contributed by atoms with van der Waals surface area (Å²) in [6, 6.07) is 3.99.